The van der Waals surface area contributed by atoms with Gasteiger partial charge in [0.1, 0.15) is 0 Å². The van der Waals surface area contributed by atoms with Crippen molar-refractivity contribution in [2.45, 2.75) is 0 Å². The van der Waals surface area contributed by atoms with Gasteiger partial charge in [-0.05, 0) is 12.1 Å². The topological polar surface area (TPSA) is 82.6 Å². The minimum absolute atomic E-state index is 0.128. The Kier molecular flexibility index (Phi) is 4.62. The summed E-state index contributed by atoms with van der Waals surface area (Å²) in [4.78, 5) is 18.4. The molecule has 1 aliphatic heterocycles. The van der Waals surface area contributed by atoms with Gasteiger partial charge in [0.15, 0.2) is 5.13 Å². The lowest BCUT2D eigenvalue weighted by Crippen LogP contribution is -2.50. The van der Waals surface area contributed by atoms with E-state index in [0.29, 0.717) is 31.3 Å². The van der Waals surface area contributed by atoms with Crippen LogP contribution >= 0.6 is 11.3 Å². The number of amides is 1. The van der Waals surface area contributed by atoms with Gasteiger partial charge < -0.3 is 5.32 Å². The molecular formula is C14H18N4O3S2. The fourth-order valence-electron chi connectivity index (χ4n) is 2.51. The number of carbonyl (C=O) groups is 1. The van der Waals surface area contributed by atoms with E-state index in [1.54, 1.807) is 0 Å². The van der Waals surface area contributed by atoms with Gasteiger partial charge in [0.25, 0.3) is 0 Å². The fraction of sp³-hybridized carbons (Fsp3) is 0.429. The highest BCUT2D eigenvalue weighted by Gasteiger charge is 2.24. The summed E-state index contributed by atoms with van der Waals surface area (Å²) >= 11 is 1.44. The van der Waals surface area contributed by atoms with Gasteiger partial charge in [-0.3, -0.25) is 9.69 Å². The van der Waals surface area contributed by atoms with Gasteiger partial charge in [-0.25, -0.2) is 13.4 Å². The Morgan fingerprint density at radius 3 is 2.61 bits per heavy atom. The first-order valence-electron chi connectivity index (χ1n) is 7.25. The number of anilines is 1. The van der Waals surface area contributed by atoms with Crippen molar-refractivity contribution in [1.29, 1.82) is 0 Å². The molecule has 1 fully saturated rings. The van der Waals surface area contributed by atoms with Gasteiger partial charge in [0.05, 0.1) is 23.0 Å². The van der Waals surface area contributed by atoms with Crippen LogP contribution in [0.5, 0.6) is 0 Å². The zero-order chi connectivity index (χ0) is 16.4. The third-order valence-corrected chi connectivity index (χ3v) is 5.96. The molecule has 2 heterocycles. The van der Waals surface area contributed by atoms with Crippen molar-refractivity contribution in [1.82, 2.24) is 14.2 Å². The maximum atomic E-state index is 12.1. The van der Waals surface area contributed by atoms with Gasteiger partial charge in [-0.1, -0.05) is 23.5 Å². The third-order valence-electron chi connectivity index (χ3n) is 3.71. The third kappa shape index (κ3) is 4.05. The van der Waals surface area contributed by atoms with Crippen molar-refractivity contribution in [2.24, 2.45) is 0 Å². The van der Waals surface area contributed by atoms with Gasteiger partial charge in [0.2, 0.25) is 15.9 Å². The van der Waals surface area contributed by atoms with Crippen LogP contribution in [-0.4, -0.2) is 67.5 Å². The van der Waals surface area contributed by atoms with Crippen molar-refractivity contribution in [3.63, 3.8) is 0 Å². The number of carbonyl (C=O) groups excluding carboxylic acids is 1. The molecule has 0 aliphatic carbocycles. The van der Waals surface area contributed by atoms with E-state index < -0.39 is 10.0 Å². The molecule has 9 heteroatoms. The van der Waals surface area contributed by atoms with Crippen molar-refractivity contribution < 1.29 is 13.2 Å². The summed E-state index contributed by atoms with van der Waals surface area (Å²) in [5, 5.41) is 3.40. The van der Waals surface area contributed by atoms with E-state index in [2.05, 4.69) is 10.3 Å². The van der Waals surface area contributed by atoms with Crippen LogP contribution in [-0.2, 0) is 14.8 Å². The number of para-hydroxylation sites is 1. The first-order valence-corrected chi connectivity index (χ1v) is 9.91. The van der Waals surface area contributed by atoms with Crippen LogP contribution in [0.25, 0.3) is 10.2 Å². The SMILES string of the molecule is CS(=O)(=O)N1CCN(CC(=O)Nc2nc3ccccc3s2)CC1. The lowest BCUT2D eigenvalue weighted by atomic mass is 10.3. The predicted octanol–water partition coefficient (Wildman–Crippen LogP) is 0.812. The Balaban J connectivity index is 1.54. The van der Waals surface area contributed by atoms with E-state index >= 15 is 0 Å². The number of thiazole rings is 1. The summed E-state index contributed by atoms with van der Waals surface area (Å²) in [6.45, 7) is 2.20. The van der Waals surface area contributed by atoms with Crippen LogP contribution in [0.3, 0.4) is 0 Å². The summed E-state index contributed by atoms with van der Waals surface area (Å²) in [6, 6.07) is 7.72. The average Bonchev–Trinajstić information content (AvgIpc) is 2.88. The Hall–Kier alpha value is -1.55. The van der Waals surface area contributed by atoms with Crippen molar-refractivity contribution in [3.05, 3.63) is 24.3 Å². The smallest absolute Gasteiger partial charge is 0.240 e. The molecule has 0 bridgehead atoms. The highest BCUT2D eigenvalue weighted by atomic mass is 32.2. The zero-order valence-corrected chi connectivity index (χ0v) is 14.4. The quantitative estimate of drug-likeness (QED) is 0.879. The lowest BCUT2D eigenvalue weighted by Gasteiger charge is -2.32. The molecular weight excluding hydrogens is 336 g/mol. The summed E-state index contributed by atoms with van der Waals surface area (Å²) in [5.41, 5.74) is 0.870. The second kappa shape index (κ2) is 6.52. The lowest BCUT2D eigenvalue weighted by molar-refractivity contribution is -0.117. The maximum absolute atomic E-state index is 12.1. The number of benzene rings is 1. The highest BCUT2D eigenvalue weighted by molar-refractivity contribution is 7.88. The Labute approximate surface area is 139 Å². The number of hydrogen-bond acceptors (Lipinski definition) is 6. The number of hydrogen-bond donors (Lipinski definition) is 1. The molecule has 23 heavy (non-hydrogen) atoms. The van der Waals surface area contributed by atoms with Crippen LogP contribution in [0.4, 0.5) is 5.13 Å². The van der Waals surface area contributed by atoms with Gasteiger partial charge in [-0.2, -0.15) is 4.31 Å². The van der Waals surface area contributed by atoms with Gasteiger partial charge in [-0.15, -0.1) is 0 Å². The zero-order valence-electron chi connectivity index (χ0n) is 12.7. The van der Waals surface area contributed by atoms with Crippen molar-refractivity contribution in [2.75, 3.05) is 44.3 Å². The first-order chi connectivity index (χ1) is 10.9. The van der Waals surface area contributed by atoms with E-state index in [-0.39, 0.29) is 12.5 Å². The van der Waals surface area contributed by atoms with Crippen LogP contribution in [0.1, 0.15) is 0 Å². The van der Waals surface area contributed by atoms with Gasteiger partial charge >= 0.3 is 0 Å². The summed E-state index contributed by atoms with van der Waals surface area (Å²) in [6.07, 6.45) is 1.21. The number of fused-ring (bicyclic) bond motifs is 1. The number of nitrogens with zero attached hydrogens (tertiary/aromatic N) is 3. The van der Waals surface area contributed by atoms with E-state index in [1.165, 1.54) is 21.9 Å². The van der Waals surface area contributed by atoms with Crippen molar-refractivity contribution in [3.8, 4) is 0 Å². The Bertz CT molecular complexity index is 777. The molecule has 1 amide bonds. The molecule has 0 unspecified atom stereocenters. The Morgan fingerprint density at radius 1 is 1.26 bits per heavy atom. The number of piperazine rings is 1. The highest BCUT2D eigenvalue weighted by Crippen LogP contribution is 2.25. The molecule has 0 spiro atoms. The van der Waals surface area contributed by atoms with Crippen LogP contribution < -0.4 is 5.32 Å². The summed E-state index contributed by atoms with van der Waals surface area (Å²) in [7, 11) is -3.14. The summed E-state index contributed by atoms with van der Waals surface area (Å²) in [5.74, 6) is -0.128. The monoisotopic (exact) mass is 354 g/mol. The molecule has 0 radical (unpaired) electrons. The summed E-state index contributed by atoms with van der Waals surface area (Å²) < 4.78 is 25.4. The normalized spacial score (nSPS) is 17.4. The fourth-order valence-corrected chi connectivity index (χ4v) is 4.22. The van der Waals surface area contributed by atoms with Crippen LogP contribution in [0.2, 0.25) is 0 Å². The molecule has 1 N–H and O–H groups in total. The second-order valence-electron chi connectivity index (χ2n) is 5.47. The van der Waals surface area contributed by atoms with Crippen molar-refractivity contribution >= 4 is 42.6 Å². The molecule has 3 rings (SSSR count). The average molecular weight is 354 g/mol. The first kappa shape index (κ1) is 16.3. The molecule has 0 atom stereocenters. The number of rotatable bonds is 4. The maximum Gasteiger partial charge on any atom is 0.240 e. The second-order valence-corrected chi connectivity index (χ2v) is 8.49. The molecule has 1 aliphatic rings. The van der Waals surface area contributed by atoms with E-state index in [1.807, 2.05) is 29.2 Å². The molecule has 0 saturated carbocycles. The molecule has 124 valence electrons. The predicted molar refractivity (Wildman–Crippen MR) is 91.1 cm³/mol. The Morgan fingerprint density at radius 2 is 1.96 bits per heavy atom. The van der Waals surface area contributed by atoms with E-state index in [9.17, 15) is 13.2 Å². The standard InChI is InChI=1S/C14H18N4O3S2/c1-23(20,21)18-8-6-17(7-9-18)10-13(19)16-14-15-11-4-2-3-5-12(11)22-14/h2-5H,6-10H2,1H3,(H,15,16,19). The molecule has 7 nitrogen and oxygen atoms in total. The van der Waals surface area contributed by atoms with E-state index in [0.717, 1.165) is 10.2 Å². The molecule has 1 saturated heterocycles. The minimum Gasteiger partial charge on any atom is -0.301 e. The molecule has 2 aromatic rings. The molecule has 1 aromatic carbocycles. The van der Waals surface area contributed by atoms with Crippen LogP contribution in [0, 0.1) is 0 Å². The number of nitrogens with one attached hydrogen (secondary N) is 1. The van der Waals surface area contributed by atoms with Gasteiger partial charge in [0, 0.05) is 26.2 Å². The van der Waals surface area contributed by atoms with Crippen LogP contribution in [0.15, 0.2) is 24.3 Å². The molecule has 1 aromatic heterocycles. The number of aromatic nitrogens is 1. The minimum atomic E-state index is -3.14. The largest absolute Gasteiger partial charge is 0.301 e. The number of sulfonamides is 1. The van der Waals surface area contributed by atoms with E-state index in [4.69, 9.17) is 0 Å².